The molecule has 2 aromatic heterocycles. The van der Waals surface area contributed by atoms with Crippen LogP contribution in [-0.2, 0) is 10.3 Å². The first-order chi connectivity index (χ1) is 21.1. The van der Waals surface area contributed by atoms with E-state index in [4.69, 9.17) is 10.1 Å². The lowest BCUT2D eigenvalue weighted by molar-refractivity contribution is -0.182. The molecule has 0 saturated heterocycles. The van der Waals surface area contributed by atoms with Gasteiger partial charge in [0.15, 0.2) is 18.2 Å². The van der Waals surface area contributed by atoms with Crippen LogP contribution in [-0.4, -0.2) is 59.5 Å². The Morgan fingerprint density at radius 1 is 1.09 bits per heavy atom. The number of hydrogen-bond donors (Lipinski definition) is 2. The molecule has 2 N–H and O–H groups in total. The first-order valence-corrected chi connectivity index (χ1v) is 15.2. The van der Waals surface area contributed by atoms with Gasteiger partial charge in [-0.15, -0.1) is 0 Å². The minimum Gasteiger partial charge on any atom is -0.390 e. The van der Waals surface area contributed by atoms with Gasteiger partial charge in [-0.25, -0.2) is 9.67 Å². The molecule has 3 aromatic rings. The standard InChI is InChI=1S/C35H34N6O3/c1-20-6-11-26-28(13-20)33(43)40(32(26)42)35(18-34(3,44)19-35)25-9-7-22(8-10-25)30-27(23-5-4-12-36-16-23)15-24-17-37-29-14-21(2)39-41(29)31(24)38-30/h4-12,14-17,20,24,31,33,43-44H,13,18-19H2,1-3H3. The number of aryl methyl sites for hydroxylation is 1. The van der Waals surface area contributed by atoms with E-state index >= 15 is 0 Å². The Morgan fingerprint density at radius 2 is 1.89 bits per heavy atom. The molecule has 0 bridgehead atoms. The van der Waals surface area contributed by atoms with Gasteiger partial charge in [0.2, 0.25) is 0 Å². The van der Waals surface area contributed by atoms with Gasteiger partial charge in [0.1, 0.15) is 0 Å². The maximum absolute atomic E-state index is 13.8. The van der Waals surface area contributed by atoms with Gasteiger partial charge in [-0.05, 0) is 43.4 Å². The Hall–Kier alpha value is -4.47. The van der Waals surface area contributed by atoms with Gasteiger partial charge in [-0.2, -0.15) is 5.10 Å². The molecule has 1 aromatic carbocycles. The van der Waals surface area contributed by atoms with Crippen molar-refractivity contribution < 1.29 is 15.0 Å². The molecule has 1 amide bonds. The first kappa shape index (κ1) is 27.1. The fourth-order valence-corrected chi connectivity index (χ4v) is 7.76. The van der Waals surface area contributed by atoms with Crippen LogP contribution in [0.1, 0.15) is 61.7 Å². The Balaban J connectivity index is 1.19. The highest BCUT2D eigenvalue weighted by molar-refractivity contribution is 6.32. The zero-order chi connectivity index (χ0) is 30.4. The van der Waals surface area contributed by atoms with Crippen LogP contribution in [0, 0.1) is 18.8 Å². The second-order valence-corrected chi connectivity index (χ2v) is 13.1. The molecule has 9 heteroatoms. The SMILES string of the molecule is Cc1cc2n(n1)C1N=C(c3ccc(C4(N5C(=O)C6=C(CC(C)C=C6)C5O)CC(C)(O)C4)cc3)C(c3cccnc3)=CC1C=N2. The summed E-state index contributed by atoms with van der Waals surface area (Å²) in [5, 5.41) is 27.1. The number of dihydropyridines is 1. The van der Waals surface area contributed by atoms with Gasteiger partial charge in [0, 0.05) is 59.8 Å². The van der Waals surface area contributed by atoms with Gasteiger partial charge in [-0.3, -0.25) is 19.7 Å². The van der Waals surface area contributed by atoms with Crippen molar-refractivity contribution >= 4 is 29.2 Å². The van der Waals surface area contributed by atoms with Gasteiger partial charge >= 0.3 is 0 Å². The monoisotopic (exact) mass is 586 g/mol. The minimum atomic E-state index is -1.01. The molecular weight excluding hydrogens is 552 g/mol. The summed E-state index contributed by atoms with van der Waals surface area (Å²) in [7, 11) is 0. The highest BCUT2D eigenvalue weighted by Crippen LogP contribution is 2.56. The highest BCUT2D eigenvalue weighted by atomic mass is 16.3. The lowest BCUT2D eigenvalue weighted by Crippen LogP contribution is -2.64. The fraction of sp³-hybridized carbons (Fsp3) is 0.343. The van der Waals surface area contributed by atoms with E-state index in [2.05, 4.69) is 23.0 Å². The summed E-state index contributed by atoms with van der Waals surface area (Å²) in [5.41, 5.74) is 5.03. The number of aliphatic imine (C=N–C) groups is 2. The number of benzene rings is 1. The number of aromatic nitrogens is 3. The van der Waals surface area contributed by atoms with Gasteiger partial charge in [-0.1, -0.05) is 55.5 Å². The van der Waals surface area contributed by atoms with Gasteiger partial charge in [0.25, 0.3) is 5.91 Å². The Kier molecular flexibility index (Phi) is 5.86. The predicted octanol–water partition coefficient (Wildman–Crippen LogP) is 4.80. The molecule has 1 fully saturated rings. The van der Waals surface area contributed by atoms with Crippen molar-refractivity contribution in [3.63, 3.8) is 0 Å². The van der Waals surface area contributed by atoms with Crippen molar-refractivity contribution in [3.8, 4) is 0 Å². The molecule has 4 unspecified atom stereocenters. The number of amides is 1. The summed E-state index contributed by atoms with van der Waals surface area (Å²) in [6.45, 7) is 5.83. The van der Waals surface area contributed by atoms with Crippen molar-refractivity contribution in [3.05, 3.63) is 107 Å². The average molecular weight is 587 g/mol. The lowest BCUT2D eigenvalue weighted by Gasteiger charge is -2.57. The van der Waals surface area contributed by atoms with E-state index in [0.717, 1.165) is 45.1 Å². The maximum atomic E-state index is 13.8. The third-order valence-corrected chi connectivity index (χ3v) is 9.65. The molecule has 44 heavy (non-hydrogen) atoms. The number of nitrogens with zero attached hydrogens (tertiary/aromatic N) is 6. The molecule has 2 aliphatic carbocycles. The number of fused-ring (bicyclic) bond motifs is 3. The second kappa shape index (κ2) is 9.51. The second-order valence-electron chi connectivity index (χ2n) is 13.1. The average Bonchev–Trinajstić information content (AvgIpc) is 3.51. The maximum Gasteiger partial charge on any atom is 0.256 e. The topological polar surface area (TPSA) is 116 Å². The summed E-state index contributed by atoms with van der Waals surface area (Å²) in [6, 6.07) is 14.0. The molecule has 222 valence electrons. The highest BCUT2D eigenvalue weighted by Gasteiger charge is 2.61. The van der Waals surface area contributed by atoms with Crippen LogP contribution >= 0.6 is 0 Å². The zero-order valence-corrected chi connectivity index (χ0v) is 24.9. The summed E-state index contributed by atoms with van der Waals surface area (Å²) in [4.78, 5) is 29.6. The Morgan fingerprint density at radius 3 is 2.61 bits per heavy atom. The molecule has 5 heterocycles. The van der Waals surface area contributed by atoms with E-state index in [1.54, 1.807) is 18.0 Å². The quantitative estimate of drug-likeness (QED) is 0.456. The van der Waals surface area contributed by atoms with E-state index in [9.17, 15) is 15.0 Å². The van der Waals surface area contributed by atoms with Crippen LogP contribution in [0.5, 0.6) is 0 Å². The van der Waals surface area contributed by atoms with Crippen molar-refractivity contribution in [2.24, 2.45) is 21.8 Å². The number of hydrogen-bond acceptors (Lipinski definition) is 7. The molecule has 9 nitrogen and oxygen atoms in total. The summed E-state index contributed by atoms with van der Waals surface area (Å²) < 4.78 is 1.89. The molecule has 8 rings (SSSR count). The van der Waals surface area contributed by atoms with Crippen LogP contribution in [0.25, 0.3) is 5.57 Å². The van der Waals surface area contributed by atoms with Crippen molar-refractivity contribution in [1.29, 1.82) is 0 Å². The van der Waals surface area contributed by atoms with Gasteiger partial charge in [0.05, 0.1) is 28.5 Å². The number of rotatable bonds is 4. The lowest BCUT2D eigenvalue weighted by atomic mass is 9.61. The molecule has 5 aliphatic rings. The number of pyridine rings is 1. The first-order valence-electron chi connectivity index (χ1n) is 15.2. The third-order valence-electron chi connectivity index (χ3n) is 9.65. The summed E-state index contributed by atoms with van der Waals surface area (Å²) >= 11 is 0. The molecule has 0 radical (unpaired) electrons. The van der Waals surface area contributed by atoms with Crippen LogP contribution < -0.4 is 0 Å². The molecule has 4 atom stereocenters. The molecule has 3 aliphatic heterocycles. The van der Waals surface area contributed by atoms with E-state index in [1.165, 1.54) is 0 Å². The number of carbonyl (C=O) groups is 1. The molecule has 1 saturated carbocycles. The normalized spacial score (nSPS) is 32.1. The number of allylic oxidation sites excluding steroid dienone is 2. The molecule has 0 spiro atoms. The smallest absolute Gasteiger partial charge is 0.256 e. The largest absolute Gasteiger partial charge is 0.390 e. The van der Waals surface area contributed by atoms with E-state index in [-0.39, 0.29) is 23.9 Å². The van der Waals surface area contributed by atoms with Crippen LogP contribution in [0.2, 0.25) is 0 Å². The van der Waals surface area contributed by atoms with E-state index in [1.807, 2.05) is 78.6 Å². The van der Waals surface area contributed by atoms with E-state index in [0.29, 0.717) is 24.8 Å². The fourth-order valence-electron chi connectivity index (χ4n) is 7.76. The van der Waals surface area contributed by atoms with Crippen LogP contribution in [0.15, 0.2) is 94.2 Å². The van der Waals surface area contributed by atoms with E-state index < -0.39 is 17.4 Å². The predicted molar refractivity (Wildman–Crippen MR) is 167 cm³/mol. The number of carbonyl (C=O) groups excluding carboxylic acids is 1. The van der Waals surface area contributed by atoms with Gasteiger partial charge < -0.3 is 10.2 Å². The summed E-state index contributed by atoms with van der Waals surface area (Å²) in [5.74, 6) is 0.808. The van der Waals surface area contributed by atoms with Crippen LogP contribution in [0.4, 0.5) is 5.82 Å². The zero-order valence-electron chi connectivity index (χ0n) is 24.9. The number of aliphatic hydroxyl groups excluding tert-OH is 1. The van der Waals surface area contributed by atoms with Crippen LogP contribution in [0.3, 0.4) is 0 Å². The Labute approximate surface area is 255 Å². The van der Waals surface area contributed by atoms with Crippen molar-refractivity contribution in [1.82, 2.24) is 19.7 Å². The summed E-state index contributed by atoms with van der Waals surface area (Å²) in [6.07, 6.45) is 11.7. The van der Waals surface area contributed by atoms with Crippen molar-refractivity contribution in [2.45, 2.75) is 63.6 Å². The number of aliphatic hydroxyl groups is 2. The minimum absolute atomic E-state index is 0.0570. The Bertz CT molecular complexity index is 1840. The van der Waals surface area contributed by atoms with Crippen molar-refractivity contribution in [2.75, 3.05) is 0 Å². The molecular formula is C35H34N6O3. The third kappa shape index (κ3) is 4.03.